The molecule has 5 nitrogen and oxygen atoms in total. The number of rotatable bonds is 13. The first-order valence-electron chi connectivity index (χ1n) is 13.6. The summed E-state index contributed by atoms with van der Waals surface area (Å²) in [5.41, 5.74) is 1.76. The second-order valence-corrected chi connectivity index (χ2v) is 9.52. The zero-order valence-electron chi connectivity index (χ0n) is 21.9. The molecule has 194 valence electrons. The van der Waals surface area contributed by atoms with Crippen LogP contribution in [0.4, 0.5) is 0 Å². The summed E-state index contributed by atoms with van der Waals surface area (Å²) in [6.07, 6.45) is 5.56. The second-order valence-electron chi connectivity index (χ2n) is 9.52. The third kappa shape index (κ3) is 6.07. The topological polar surface area (TPSA) is 57.2 Å². The van der Waals surface area contributed by atoms with E-state index in [4.69, 9.17) is 18.9 Å². The van der Waals surface area contributed by atoms with Crippen molar-refractivity contribution in [2.45, 2.75) is 77.9 Å². The molecule has 1 aliphatic rings. The first-order chi connectivity index (χ1) is 17.7. The van der Waals surface area contributed by atoms with Crippen LogP contribution in [-0.4, -0.2) is 24.9 Å². The van der Waals surface area contributed by atoms with E-state index in [9.17, 15) is 5.11 Å². The minimum atomic E-state index is -0.613. The average Bonchev–Trinajstić information content (AvgIpc) is 2.90. The Kier molecular flexibility index (Phi) is 9.35. The molecule has 1 N–H and O–H groups in total. The van der Waals surface area contributed by atoms with Crippen molar-refractivity contribution in [3.8, 4) is 23.0 Å². The largest absolute Gasteiger partial charge is 0.490 e. The normalized spacial score (nSPS) is 16.9. The first-order valence-corrected chi connectivity index (χ1v) is 13.6. The molecule has 0 aromatic heterocycles. The van der Waals surface area contributed by atoms with Gasteiger partial charge in [-0.3, -0.25) is 0 Å². The van der Waals surface area contributed by atoms with E-state index in [0.29, 0.717) is 43.5 Å². The summed E-state index contributed by atoms with van der Waals surface area (Å²) in [6, 6.07) is 16.2. The Labute approximate surface area is 215 Å². The van der Waals surface area contributed by atoms with Gasteiger partial charge in [0, 0.05) is 22.9 Å². The van der Waals surface area contributed by atoms with Crippen molar-refractivity contribution in [3.05, 3.63) is 59.7 Å². The number of aliphatic hydroxyl groups is 1. The van der Waals surface area contributed by atoms with Crippen molar-refractivity contribution in [2.24, 2.45) is 0 Å². The zero-order valence-corrected chi connectivity index (χ0v) is 21.9. The SMILES string of the molecule is CCCCOc1cc([C@@H]2CC(O)c3ccc4ccccc4c3O2)cc(OCCCC)c1OCCCC. The minimum absolute atomic E-state index is 0.329. The smallest absolute Gasteiger partial charge is 0.203 e. The van der Waals surface area contributed by atoms with Gasteiger partial charge >= 0.3 is 0 Å². The number of unbranched alkanes of at least 4 members (excludes halogenated alkanes) is 3. The number of aliphatic hydroxyl groups excluding tert-OH is 1. The van der Waals surface area contributed by atoms with Crippen molar-refractivity contribution in [1.29, 1.82) is 0 Å². The molecule has 0 bridgehead atoms. The van der Waals surface area contributed by atoms with Crippen molar-refractivity contribution >= 4 is 10.8 Å². The predicted octanol–water partition coefficient (Wildman–Crippen LogP) is 7.93. The van der Waals surface area contributed by atoms with Crippen LogP contribution in [0.25, 0.3) is 10.8 Å². The van der Waals surface area contributed by atoms with Crippen LogP contribution in [0.5, 0.6) is 23.0 Å². The predicted molar refractivity (Wildman–Crippen MR) is 145 cm³/mol. The molecule has 0 amide bonds. The highest BCUT2D eigenvalue weighted by atomic mass is 16.5. The van der Waals surface area contributed by atoms with Crippen molar-refractivity contribution in [3.63, 3.8) is 0 Å². The molecule has 2 atom stereocenters. The Balaban J connectivity index is 1.72. The summed E-state index contributed by atoms with van der Waals surface area (Å²) in [7, 11) is 0. The molecular formula is C31H40O5. The van der Waals surface area contributed by atoms with Gasteiger partial charge in [-0.15, -0.1) is 0 Å². The molecule has 0 aliphatic carbocycles. The molecule has 0 fully saturated rings. The molecule has 3 aromatic carbocycles. The van der Waals surface area contributed by atoms with Crippen LogP contribution < -0.4 is 18.9 Å². The van der Waals surface area contributed by atoms with Crippen molar-refractivity contribution < 1.29 is 24.1 Å². The lowest BCUT2D eigenvalue weighted by molar-refractivity contribution is 0.0668. The summed E-state index contributed by atoms with van der Waals surface area (Å²) in [5, 5.41) is 13.2. The Morgan fingerprint density at radius 3 is 2.06 bits per heavy atom. The Hall–Kier alpha value is -2.92. The third-order valence-electron chi connectivity index (χ3n) is 6.64. The highest BCUT2D eigenvalue weighted by Crippen LogP contribution is 2.47. The maximum atomic E-state index is 11.1. The molecule has 4 rings (SSSR count). The highest BCUT2D eigenvalue weighted by molar-refractivity contribution is 5.90. The van der Waals surface area contributed by atoms with Gasteiger partial charge < -0.3 is 24.1 Å². The van der Waals surface area contributed by atoms with Gasteiger partial charge in [0.2, 0.25) is 5.75 Å². The van der Waals surface area contributed by atoms with Gasteiger partial charge in [-0.05, 0) is 36.8 Å². The van der Waals surface area contributed by atoms with Gasteiger partial charge in [-0.25, -0.2) is 0 Å². The third-order valence-corrected chi connectivity index (χ3v) is 6.64. The molecule has 1 unspecified atom stereocenters. The summed E-state index contributed by atoms with van der Waals surface area (Å²) in [5.74, 6) is 2.79. The molecule has 0 saturated carbocycles. The molecule has 36 heavy (non-hydrogen) atoms. The lowest BCUT2D eigenvalue weighted by Crippen LogP contribution is -2.19. The van der Waals surface area contributed by atoms with Gasteiger partial charge in [-0.2, -0.15) is 0 Å². The Morgan fingerprint density at radius 2 is 1.42 bits per heavy atom. The fraction of sp³-hybridized carbons (Fsp3) is 0.484. The van der Waals surface area contributed by atoms with E-state index in [1.165, 1.54) is 0 Å². The van der Waals surface area contributed by atoms with E-state index in [0.717, 1.165) is 66.2 Å². The van der Waals surface area contributed by atoms with E-state index in [2.05, 4.69) is 26.8 Å². The van der Waals surface area contributed by atoms with Crippen LogP contribution >= 0.6 is 0 Å². The van der Waals surface area contributed by atoms with Crippen molar-refractivity contribution in [2.75, 3.05) is 19.8 Å². The molecule has 1 aliphatic heterocycles. The average molecular weight is 493 g/mol. The molecule has 0 spiro atoms. The lowest BCUT2D eigenvalue weighted by Gasteiger charge is -2.31. The van der Waals surface area contributed by atoms with E-state index in [1.54, 1.807) is 0 Å². The summed E-state index contributed by atoms with van der Waals surface area (Å²) >= 11 is 0. The van der Waals surface area contributed by atoms with E-state index < -0.39 is 6.10 Å². The first kappa shape index (κ1) is 26.2. The number of fused-ring (bicyclic) bond motifs is 3. The maximum Gasteiger partial charge on any atom is 0.203 e. The fourth-order valence-electron chi connectivity index (χ4n) is 4.49. The maximum absolute atomic E-state index is 11.1. The molecule has 1 heterocycles. The van der Waals surface area contributed by atoms with Gasteiger partial charge in [0.25, 0.3) is 0 Å². The van der Waals surface area contributed by atoms with Crippen LogP contribution in [0.2, 0.25) is 0 Å². The minimum Gasteiger partial charge on any atom is -0.490 e. The quantitative estimate of drug-likeness (QED) is 0.246. The van der Waals surface area contributed by atoms with E-state index in [-0.39, 0.29) is 6.10 Å². The monoisotopic (exact) mass is 492 g/mol. The Morgan fingerprint density at radius 1 is 0.806 bits per heavy atom. The second kappa shape index (κ2) is 12.9. The van der Waals surface area contributed by atoms with Gasteiger partial charge in [0.05, 0.1) is 25.9 Å². The molecule has 3 aromatic rings. The Bertz CT molecular complexity index is 1090. The van der Waals surface area contributed by atoms with Crippen LogP contribution in [0, 0.1) is 0 Å². The summed E-state index contributed by atoms with van der Waals surface area (Å²) in [4.78, 5) is 0. The summed E-state index contributed by atoms with van der Waals surface area (Å²) < 4.78 is 25.3. The van der Waals surface area contributed by atoms with Crippen LogP contribution in [-0.2, 0) is 0 Å². The van der Waals surface area contributed by atoms with E-state index in [1.807, 2.05) is 42.5 Å². The van der Waals surface area contributed by atoms with Crippen molar-refractivity contribution in [1.82, 2.24) is 0 Å². The van der Waals surface area contributed by atoms with Gasteiger partial charge in [0.1, 0.15) is 11.9 Å². The summed E-state index contributed by atoms with van der Waals surface area (Å²) in [6.45, 7) is 8.28. The van der Waals surface area contributed by atoms with Crippen LogP contribution in [0.1, 0.15) is 89.1 Å². The highest BCUT2D eigenvalue weighted by Gasteiger charge is 2.31. The standard InChI is InChI=1S/C31H40O5/c1-4-7-16-33-28-19-23(20-29(34-17-8-5-2)31(28)35-18-9-6-3)27-21-26(32)25-15-14-22-12-10-11-13-24(22)30(25)36-27/h10-15,19-20,26-27,32H,4-9,16-18,21H2,1-3H3/t26?,27-/m0/s1. The van der Waals surface area contributed by atoms with Crippen LogP contribution in [0.15, 0.2) is 48.5 Å². The van der Waals surface area contributed by atoms with Gasteiger partial charge in [-0.1, -0.05) is 76.4 Å². The number of hydrogen-bond donors (Lipinski definition) is 1. The van der Waals surface area contributed by atoms with E-state index >= 15 is 0 Å². The molecular weight excluding hydrogens is 452 g/mol. The van der Waals surface area contributed by atoms with Gasteiger partial charge in [0.15, 0.2) is 11.5 Å². The fourth-order valence-corrected chi connectivity index (χ4v) is 4.49. The van der Waals surface area contributed by atoms with Crippen LogP contribution in [0.3, 0.4) is 0 Å². The number of benzene rings is 3. The number of hydrogen-bond acceptors (Lipinski definition) is 5. The molecule has 0 saturated heterocycles. The zero-order chi connectivity index (χ0) is 25.3. The molecule has 5 heteroatoms. The molecule has 0 radical (unpaired) electrons. The number of ether oxygens (including phenoxy) is 4. The lowest BCUT2D eigenvalue weighted by atomic mass is 9.92.